The van der Waals surface area contributed by atoms with Crippen LogP contribution >= 0.6 is 0 Å². The molecule has 0 aliphatic carbocycles. The van der Waals surface area contributed by atoms with Gasteiger partial charge in [0.25, 0.3) is 0 Å². The monoisotopic (exact) mass is 801 g/mol. The second kappa shape index (κ2) is 22.2. The van der Waals surface area contributed by atoms with Crippen LogP contribution in [-0.2, 0) is 33.2 Å². The molecule has 5 rings (SSSR count). The van der Waals surface area contributed by atoms with Crippen molar-refractivity contribution in [3.63, 3.8) is 0 Å². The van der Waals surface area contributed by atoms with Gasteiger partial charge in [0.2, 0.25) is 5.91 Å². The third kappa shape index (κ3) is 11.3. The SMILES string of the molecule is CCC1=C(C)C2=CC3=NC(=C(C)/C3=C/O)C=C3NC(=C(C)C4=NC(=CC1=N2)C(C)=C4)[C@@H](CCC(=O)N(CCOCCOCCOC)CCOCCOCCOC)[C@@H]3C. The molecule has 13 nitrogen and oxygen atoms in total. The van der Waals surface area contributed by atoms with E-state index >= 15 is 0 Å². The molecule has 1 amide bonds. The third-order valence-corrected chi connectivity index (χ3v) is 11.2. The van der Waals surface area contributed by atoms with Crippen molar-refractivity contribution in [2.24, 2.45) is 26.8 Å². The summed E-state index contributed by atoms with van der Waals surface area (Å²) >= 11 is 0. The molecule has 0 radical (unpaired) electrons. The summed E-state index contributed by atoms with van der Waals surface area (Å²) in [4.78, 5) is 31.1. The van der Waals surface area contributed by atoms with E-state index in [2.05, 4.69) is 58.2 Å². The summed E-state index contributed by atoms with van der Waals surface area (Å²) in [6, 6.07) is 0. The highest BCUT2D eigenvalue weighted by Crippen LogP contribution is 2.41. The van der Waals surface area contributed by atoms with Gasteiger partial charge in [-0.15, -0.1) is 0 Å². The fourth-order valence-corrected chi connectivity index (χ4v) is 7.60. The maximum Gasteiger partial charge on any atom is 0.222 e. The highest BCUT2D eigenvalue weighted by molar-refractivity contribution is 6.18. The molecule has 13 heteroatoms. The van der Waals surface area contributed by atoms with Gasteiger partial charge in [-0.1, -0.05) is 13.8 Å². The average Bonchev–Trinajstić information content (AvgIpc) is 3.92. The minimum Gasteiger partial charge on any atom is -0.515 e. The summed E-state index contributed by atoms with van der Waals surface area (Å²) in [6.07, 6.45) is 11.2. The molecule has 1 fully saturated rings. The van der Waals surface area contributed by atoms with Gasteiger partial charge < -0.3 is 43.7 Å². The molecular formula is C45H63N5O8. The van der Waals surface area contributed by atoms with Gasteiger partial charge in [-0.3, -0.25) is 4.79 Å². The summed E-state index contributed by atoms with van der Waals surface area (Å²) in [5, 5.41) is 14.2. The zero-order valence-electron chi connectivity index (χ0n) is 35.7. The molecule has 2 N–H and O–H groups in total. The van der Waals surface area contributed by atoms with Gasteiger partial charge in [0, 0.05) is 62.5 Å². The number of carbonyl (C=O) groups excluding carboxylic acids is 1. The van der Waals surface area contributed by atoms with Gasteiger partial charge >= 0.3 is 0 Å². The van der Waals surface area contributed by atoms with Crippen LogP contribution in [0.4, 0.5) is 0 Å². The molecule has 0 unspecified atom stereocenters. The van der Waals surface area contributed by atoms with Gasteiger partial charge in [0.15, 0.2) is 0 Å². The minimum absolute atomic E-state index is 0.0107. The van der Waals surface area contributed by atoms with Crippen molar-refractivity contribution < 1.29 is 38.3 Å². The van der Waals surface area contributed by atoms with Gasteiger partial charge in [-0.05, 0) is 92.7 Å². The first-order valence-electron chi connectivity index (χ1n) is 20.5. The summed E-state index contributed by atoms with van der Waals surface area (Å²) < 4.78 is 32.8. The number of hydrogen-bond acceptors (Lipinski definition) is 12. The van der Waals surface area contributed by atoms with Crippen LogP contribution in [0.3, 0.4) is 0 Å². The van der Waals surface area contributed by atoms with Crippen LogP contribution in [0.1, 0.15) is 60.8 Å². The van der Waals surface area contributed by atoms with Crippen LogP contribution in [0, 0.1) is 11.8 Å². The van der Waals surface area contributed by atoms with Crippen LogP contribution < -0.4 is 5.32 Å². The van der Waals surface area contributed by atoms with E-state index in [0.717, 1.165) is 74.9 Å². The number of carbonyl (C=O) groups is 1. The Hall–Kier alpha value is -4.24. The number of nitrogens with one attached hydrogen (secondary N) is 1. The zero-order chi connectivity index (χ0) is 41.6. The first-order valence-corrected chi connectivity index (χ1v) is 20.5. The summed E-state index contributed by atoms with van der Waals surface area (Å²) in [5.41, 5.74) is 12.9. The Balaban J connectivity index is 1.38. The zero-order valence-corrected chi connectivity index (χ0v) is 35.7. The molecule has 316 valence electrons. The van der Waals surface area contributed by atoms with Crippen LogP contribution in [0.15, 0.2) is 107 Å². The van der Waals surface area contributed by atoms with E-state index in [4.69, 9.17) is 43.4 Å². The molecular weight excluding hydrogens is 739 g/mol. The second-order valence-electron chi connectivity index (χ2n) is 14.9. The summed E-state index contributed by atoms with van der Waals surface area (Å²) in [6.45, 7) is 18.1. The molecule has 0 aromatic heterocycles. The number of ether oxygens (including phenoxy) is 6. The highest BCUT2D eigenvalue weighted by Gasteiger charge is 2.36. The summed E-state index contributed by atoms with van der Waals surface area (Å²) in [5.74, 6) is 0.0982. The first-order chi connectivity index (χ1) is 28.1. The van der Waals surface area contributed by atoms with Crippen molar-refractivity contribution in [2.45, 2.75) is 60.8 Å². The Morgan fingerprint density at radius 1 is 0.741 bits per heavy atom. The number of aliphatic hydroxyl groups is 1. The standard InChI is InChI=1S/C45H63N5O8/c1-9-34-30(3)40-27-43-36(28-51)32(5)39(48-43)26-41-31(4)35(45(49-41)33(6)38-24-29(2)37(46-38)25-42(34)47-40)10-11-44(52)50(12-14-55-20-22-57-18-16-53-7)13-15-56-21-23-58-19-17-54-8/h24-28,31,35,49,51H,9-23H2,1-8H3/b36-28-,37-25?,40-27?,41-26?,45-33?/t31-,35-/m0/s1. The molecule has 5 heterocycles. The van der Waals surface area contributed by atoms with Gasteiger partial charge in [-0.2, -0.15) is 0 Å². The third-order valence-electron chi connectivity index (χ3n) is 11.2. The number of aliphatic imine (C=N–C) groups is 3. The fraction of sp³-hybridized carbons (Fsp3) is 0.556. The number of amides is 1. The van der Waals surface area contributed by atoms with E-state index in [9.17, 15) is 9.90 Å². The highest BCUT2D eigenvalue weighted by atomic mass is 16.5. The maximum absolute atomic E-state index is 14.0. The molecule has 1 saturated heterocycles. The van der Waals surface area contributed by atoms with E-state index in [1.165, 1.54) is 5.57 Å². The quantitative estimate of drug-likeness (QED) is 0.0926. The molecule has 5 aliphatic heterocycles. The number of hydrogen-bond donors (Lipinski definition) is 2. The van der Waals surface area contributed by atoms with Crippen molar-refractivity contribution in [1.82, 2.24) is 10.2 Å². The van der Waals surface area contributed by atoms with E-state index in [1.54, 1.807) is 14.2 Å². The first kappa shape index (κ1) is 44.9. The van der Waals surface area contributed by atoms with Crippen molar-refractivity contribution in [1.29, 1.82) is 0 Å². The van der Waals surface area contributed by atoms with Crippen molar-refractivity contribution in [3.8, 4) is 0 Å². The lowest BCUT2D eigenvalue weighted by atomic mass is 9.86. The van der Waals surface area contributed by atoms with Crippen molar-refractivity contribution in [2.75, 3.05) is 93.4 Å². The average molecular weight is 802 g/mol. The molecule has 58 heavy (non-hydrogen) atoms. The van der Waals surface area contributed by atoms with Crippen molar-refractivity contribution in [3.05, 3.63) is 92.5 Å². The Morgan fingerprint density at radius 2 is 1.33 bits per heavy atom. The Morgan fingerprint density at radius 3 is 1.93 bits per heavy atom. The van der Waals surface area contributed by atoms with Gasteiger partial charge in [-0.25, -0.2) is 15.0 Å². The normalized spacial score (nSPS) is 21.0. The van der Waals surface area contributed by atoms with Crippen molar-refractivity contribution >= 4 is 23.0 Å². The molecule has 0 aromatic carbocycles. The number of aliphatic hydroxyl groups excluding tert-OH is 1. The smallest absolute Gasteiger partial charge is 0.222 e. The second-order valence-corrected chi connectivity index (χ2v) is 14.9. The molecule has 0 saturated carbocycles. The Labute approximate surface area is 344 Å². The molecule has 2 atom stereocenters. The molecule has 8 bridgehead atoms. The lowest BCUT2D eigenvalue weighted by Gasteiger charge is -2.24. The summed E-state index contributed by atoms with van der Waals surface area (Å²) in [7, 11) is 3.28. The lowest BCUT2D eigenvalue weighted by Crippen LogP contribution is -2.37. The van der Waals surface area contributed by atoms with Crippen LogP contribution in [-0.4, -0.2) is 126 Å². The Bertz CT molecular complexity index is 1850. The molecule has 0 aromatic rings. The van der Waals surface area contributed by atoms with Gasteiger partial charge in [0.05, 0.1) is 107 Å². The van der Waals surface area contributed by atoms with Crippen LogP contribution in [0.2, 0.25) is 0 Å². The van der Waals surface area contributed by atoms with E-state index in [0.29, 0.717) is 103 Å². The minimum atomic E-state index is 0.0107. The molecule has 5 aliphatic rings. The van der Waals surface area contributed by atoms with Crippen LogP contribution in [0.5, 0.6) is 0 Å². The van der Waals surface area contributed by atoms with E-state index < -0.39 is 0 Å². The lowest BCUT2D eigenvalue weighted by molar-refractivity contribution is -0.133. The number of rotatable bonds is 22. The number of nitrogens with zero attached hydrogens (tertiary/aromatic N) is 4. The number of methoxy groups -OCH3 is 2. The number of allylic oxidation sites excluding steroid dienone is 12. The Kier molecular flexibility index (Phi) is 17.2. The van der Waals surface area contributed by atoms with Gasteiger partial charge in [0.1, 0.15) is 0 Å². The topological polar surface area (TPSA) is 145 Å². The van der Waals surface area contributed by atoms with E-state index in [-0.39, 0.29) is 17.7 Å². The largest absolute Gasteiger partial charge is 0.515 e. The molecule has 0 spiro atoms. The fourth-order valence-electron chi connectivity index (χ4n) is 7.60. The number of fused-ring (bicyclic) bond motifs is 5. The maximum atomic E-state index is 14.0. The van der Waals surface area contributed by atoms with E-state index in [1.807, 2.05) is 17.9 Å². The predicted molar refractivity (Wildman–Crippen MR) is 228 cm³/mol. The van der Waals surface area contributed by atoms with Crippen LogP contribution in [0.25, 0.3) is 0 Å². The predicted octanol–water partition coefficient (Wildman–Crippen LogP) is 6.50.